The molecule has 136 valence electrons. The molecule has 1 aromatic carbocycles. The highest BCUT2D eigenvalue weighted by Gasteiger charge is 2.57. The fourth-order valence-corrected chi connectivity index (χ4v) is 3.81. The lowest BCUT2D eigenvalue weighted by molar-refractivity contribution is -0.385. The quantitative estimate of drug-likeness (QED) is 0.606. The van der Waals surface area contributed by atoms with E-state index in [1.165, 1.54) is 6.07 Å². The van der Waals surface area contributed by atoms with Crippen molar-refractivity contribution in [2.45, 2.75) is 39.0 Å². The zero-order chi connectivity index (χ0) is 18.4. The Morgan fingerprint density at radius 1 is 1.40 bits per heavy atom. The second-order valence-electron chi connectivity index (χ2n) is 7.65. The SMILES string of the molecule is CC(C)(C)OC(=O)N1CC2C(C1)C2NCc1cc(Br)ccc1[N+](=O)[O-]. The Bertz CT molecular complexity index is 692. The number of hydrogen-bond acceptors (Lipinski definition) is 5. The first-order valence-electron chi connectivity index (χ1n) is 8.30. The van der Waals surface area contributed by atoms with Crippen molar-refractivity contribution in [3.05, 3.63) is 38.3 Å². The van der Waals surface area contributed by atoms with Crippen molar-refractivity contribution >= 4 is 27.7 Å². The van der Waals surface area contributed by atoms with E-state index in [0.717, 1.165) is 4.47 Å². The molecular formula is C17H22BrN3O4. The number of hydrogen-bond donors (Lipinski definition) is 1. The molecule has 2 unspecified atom stereocenters. The minimum absolute atomic E-state index is 0.122. The molecule has 2 aliphatic rings. The Kier molecular flexibility index (Phi) is 4.76. The van der Waals surface area contributed by atoms with Crippen LogP contribution < -0.4 is 5.32 Å². The maximum absolute atomic E-state index is 12.1. The minimum atomic E-state index is -0.485. The smallest absolute Gasteiger partial charge is 0.410 e. The standard InChI is InChI=1S/C17H22BrN3O4/c1-17(2,3)25-16(22)20-8-12-13(9-20)15(12)19-7-10-6-11(18)4-5-14(10)21(23)24/h4-6,12-13,15,19H,7-9H2,1-3H3. The van der Waals surface area contributed by atoms with Crippen LogP contribution in [-0.4, -0.2) is 40.6 Å². The molecule has 1 amide bonds. The van der Waals surface area contributed by atoms with Gasteiger partial charge in [0.25, 0.3) is 5.69 Å². The number of piperidine rings is 1. The van der Waals surface area contributed by atoms with Gasteiger partial charge in [0, 0.05) is 41.8 Å². The van der Waals surface area contributed by atoms with Crippen molar-refractivity contribution in [2.75, 3.05) is 13.1 Å². The van der Waals surface area contributed by atoms with Gasteiger partial charge in [-0.3, -0.25) is 10.1 Å². The van der Waals surface area contributed by atoms with Gasteiger partial charge < -0.3 is 15.0 Å². The number of nitrogens with zero attached hydrogens (tertiary/aromatic N) is 2. The predicted molar refractivity (Wildman–Crippen MR) is 96.2 cm³/mol. The summed E-state index contributed by atoms with van der Waals surface area (Å²) in [6.07, 6.45) is -0.263. The average Bonchev–Trinajstić information content (AvgIpc) is 2.93. The summed E-state index contributed by atoms with van der Waals surface area (Å²) in [5.41, 5.74) is 0.298. The van der Waals surface area contributed by atoms with Crippen LogP contribution >= 0.6 is 15.9 Å². The second-order valence-corrected chi connectivity index (χ2v) is 8.57. The molecule has 1 aromatic rings. The fourth-order valence-electron chi connectivity index (χ4n) is 3.41. The van der Waals surface area contributed by atoms with E-state index < -0.39 is 5.60 Å². The summed E-state index contributed by atoms with van der Waals surface area (Å²) in [7, 11) is 0. The highest BCUT2D eigenvalue weighted by Crippen LogP contribution is 2.46. The molecule has 1 aliphatic carbocycles. The number of carbonyl (C=O) groups excluding carboxylic acids is 1. The third-order valence-corrected chi connectivity index (χ3v) is 5.11. The van der Waals surface area contributed by atoms with Gasteiger partial charge in [0.1, 0.15) is 5.60 Å². The molecule has 0 spiro atoms. The highest BCUT2D eigenvalue weighted by atomic mass is 79.9. The molecule has 0 aromatic heterocycles. The molecule has 1 aliphatic heterocycles. The van der Waals surface area contributed by atoms with Crippen LogP contribution in [0.2, 0.25) is 0 Å². The van der Waals surface area contributed by atoms with E-state index in [0.29, 0.717) is 43.1 Å². The van der Waals surface area contributed by atoms with Gasteiger partial charge in [0.15, 0.2) is 0 Å². The topological polar surface area (TPSA) is 84.7 Å². The van der Waals surface area contributed by atoms with E-state index in [-0.39, 0.29) is 16.7 Å². The number of rotatable bonds is 4. The number of nitrogens with one attached hydrogen (secondary N) is 1. The number of nitro groups is 1. The van der Waals surface area contributed by atoms with Crippen LogP contribution in [0.1, 0.15) is 26.3 Å². The average molecular weight is 412 g/mol. The normalized spacial score (nSPS) is 24.8. The van der Waals surface area contributed by atoms with Crippen molar-refractivity contribution in [1.82, 2.24) is 10.2 Å². The number of ether oxygens (including phenoxy) is 1. The Morgan fingerprint density at radius 3 is 2.60 bits per heavy atom. The van der Waals surface area contributed by atoms with Gasteiger partial charge in [-0.05, 0) is 44.7 Å². The molecule has 2 atom stereocenters. The van der Waals surface area contributed by atoms with Gasteiger partial charge in [-0.1, -0.05) is 15.9 Å². The Balaban J connectivity index is 1.52. The van der Waals surface area contributed by atoms with E-state index >= 15 is 0 Å². The summed E-state index contributed by atoms with van der Waals surface area (Å²) < 4.78 is 6.22. The van der Waals surface area contributed by atoms with Crippen molar-refractivity contribution in [2.24, 2.45) is 11.8 Å². The van der Waals surface area contributed by atoms with Crippen molar-refractivity contribution in [3.63, 3.8) is 0 Å². The van der Waals surface area contributed by atoms with Crippen LogP contribution in [0.4, 0.5) is 10.5 Å². The summed E-state index contributed by atoms with van der Waals surface area (Å²) in [6, 6.07) is 5.26. The van der Waals surface area contributed by atoms with E-state index in [2.05, 4.69) is 21.2 Å². The molecule has 1 heterocycles. The lowest BCUT2D eigenvalue weighted by Crippen LogP contribution is -2.39. The zero-order valence-corrected chi connectivity index (χ0v) is 16.1. The van der Waals surface area contributed by atoms with Gasteiger partial charge in [0.05, 0.1) is 4.92 Å². The predicted octanol–water partition coefficient (Wildman–Crippen LogP) is 3.31. The molecule has 25 heavy (non-hydrogen) atoms. The lowest BCUT2D eigenvalue weighted by atomic mass is 10.2. The fraction of sp³-hybridized carbons (Fsp3) is 0.588. The van der Waals surface area contributed by atoms with Gasteiger partial charge in [-0.2, -0.15) is 0 Å². The van der Waals surface area contributed by atoms with Crippen LogP contribution in [0.15, 0.2) is 22.7 Å². The largest absolute Gasteiger partial charge is 0.444 e. The van der Waals surface area contributed by atoms with Gasteiger partial charge >= 0.3 is 6.09 Å². The van der Waals surface area contributed by atoms with Crippen LogP contribution in [-0.2, 0) is 11.3 Å². The second kappa shape index (κ2) is 6.57. The summed E-state index contributed by atoms with van der Waals surface area (Å²) in [4.78, 5) is 24.6. The van der Waals surface area contributed by atoms with E-state index in [4.69, 9.17) is 4.74 Å². The molecule has 8 heteroatoms. The summed E-state index contributed by atoms with van der Waals surface area (Å²) in [6.45, 7) is 7.38. The summed E-state index contributed by atoms with van der Waals surface area (Å²) >= 11 is 3.36. The number of halogens is 1. The van der Waals surface area contributed by atoms with Gasteiger partial charge in [-0.15, -0.1) is 0 Å². The number of amides is 1. The van der Waals surface area contributed by atoms with Crippen LogP contribution in [0.3, 0.4) is 0 Å². The molecule has 1 saturated heterocycles. The summed E-state index contributed by atoms with van der Waals surface area (Å²) in [5.74, 6) is 0.803. The Morgan fingerprint density at radius 2 is 2.04 bits per heavy atom. The number of nitro benzene ring substituents is 1. The maximum Gasteiger partial charge on any atom is 0.410 e. The number of fused-ring (bicyclic) bond motifs is 1. The highest BCUT2D eigenvalue weighted by molar-refractivity contribution is 9.10. The molecule has 0 bridgehead atoms. The third kappa shape index (κ3) is 4.12. The first-order chi connectivity index (χ1) is 11.7. The van der Waals surface area contributed by atoms with E-state index in [1.807, 2.05) is 20.8 Å². The Labute approximate surface area is 155 Å². The monoisotopic (exact) mass is 411 g/mol. The molecule has 1 N–H and O–H groups in total. The zero-order valence-electron chi connectivity index (χ0n) is 14.5. The first-order valence-corrected chi connectivity index (χ1v) is 9.09. The van der Waals surface area contributed by atoms with Crippen LogP contribution in [0.25, 0.3) is 0 Å². The minimum Gasteiger partial charge on any atom is -0.444 e. The van der Waals surface area contributed by atoms with Crippen LogP contribution in [0.5, 0.6) is 0 Å². The van der Waals surface area contributed by atoms with E-state index in [1.54, 1.807) is 17.0 Å². The van der Waals surface area contributed by atoms with Gasteiger partial charge in [0.2, 0.25) is 0 Å². The molecule has 2 fully saturated rings. The molecular weight excluding hydrogens is 390 g/mol. The summed E-state index contributed by atoms with van der Waals surface area (Å²) in [5, 5.41) is 14.5. The van der Waals surface area contributed by atoms with Crippen molar-refractivity contribution < 1.29 is 14.5 Å². The van der Waals surface area contributed by atoms with Gasteiger partial charge in [-0.25, -0.2) is 4.79 Å². The van der Waals surface area contributed by atoms with Crippen molar-refractivity contribution in [3.8, 4) is 0 Å². The number of benzene rings is 1. The third-order valence-electron chi connectivity index (χ3n) is 4.61. The molecule has 0 radical (unpaired) electrons. The van der Waals surface area contributed by atoms with E-state index in [9.17, 15) is 14.9 Å². The molecule has 1 saturated carbocycles. The van der Waals surface area contributed by atoms with Crippen molar-refractivity contribution in [1.29, 1.82) is 0 Å². The molecule has 7 nitrogen and oxygen atoms in total. The first kappa shape index (κ1) is 18.1. The number of likely N-dealkylation sites (tertiary alicyclic amines) is 1. The number of carbonyl (C=O) groups is 1. The maximum atomic E-state index is 12.1. The molecule has 3 rings (SSSR count). The van der Waals surface area contributed by atoms with Crippen LogP contribution in [0, 0.1) is 22.0 Å². The Hall–Kier alpha value is -1.67. The lowest BCUT2D eigenvalue weighted by Gasteiger charge is -2.26.